The van der Waals surface area contributed by atoms with Crippen molar-refractivity contribution < 1.29 is 19.1 Å². The van der Waals surface area contributed by atoms with E-state index in [1.807, 2.05) is 56.3 Å². The number of thiophene rings is 1. The number of fused-ring (bicyclic) bond motifs is 1. The molecule has 0 unspecified atom stereocenters. The molecule has 0 saturated heterocycles. The number of amides is 2. The zero-order valence-corrected chi connectivity index (χ0v) is 23.1. The van der Waals surface area contributed by atoms with Crippen molar-refractivity contribution in [1.29, 1.82) is 0 Å². The van der Waals surface area contributed by atoms with Crippen molar-refractivity contribution in [1.82, 2.24) is 20.4 Å². The van der Waals surface area contributed by atoms with E-state index in [1.54, 1.807) is 18.2 Å². The van der Waals surface area contributed by atoms with Gasteiger partial charge in [-0.2, -0.15) is 4.68 Å². The van der Waals surface area contributed by atoms with Crippen LogP contribution in [0.2, 0.25) is 0 Å². The molecule has 2 heterocycles. The highest BCUT2D eigenvalue weighted by atomic mass is 32.1. The number of carbonyl (C=O) groups is 3. The van der Waals surface area contributed by atoms with Crippen LogP contribution in [0.1, 0.15) is 58.9 Å². The maximum absolute atomic E-state index is 13.2. The minimum atomic E-state index is -0.809. The van der Waals surface area contributed by atoms with Gasteiger partial charge in [-0.1, -0.05) is 62.9 Å². The molecule has 0 bridgehead atoms. The highest BCUT2D eigenvalue weighted by molar-refractivity contribution is 7.20. The lowest BCUT2D eigenvalue weighted by atomic mass is 9.94. The van der Waals surface area contributed by atoms with Crippen LogP contribution in [-0.2, 0) is 16.8 Å². The normalized spacial score (nSPS) is 11.4. The van der Waals surface area contributed by atoms with Crippen LogP contribution in [0, 0.1) is 0 Å². The monoisotopic (exact) mass is 545 g/mol. The largest absolute Gasteiger partial charge is 0.440 e. The van der Waals surface area contributed by atoms with Crippen LogP contribution in [0.3, 0.4) is 0 Å². The van der Waals surface area contributed by atoms with E-state index in [9.17, 15) is 14.4 Å². The molecule has 0 saturated carbocycles. The Kier molecular flexibility index (Phi) is 8.27. The van der Waals surface area contributed by atoms with Crippen LogP contribution in [0.5, 0.6) is 0 Å². The molecule has 0 fully saturated rings. The number of ether oxygens (including phenoxy) is 1. The molecule has 4 rings (SSSR count). The Bertz CT molecular complexity index is 1500. The predicted octanol–water partition coefficient (Wildman–Crippen LogP) is 5.64. The summed E-state index contributed by atoms with van der Waals surface area (Å²) in [5, 5.41) is 13.8. The Morgan fingerprint density at radius 1 is 1.08 bits per heavy atom. The summed E-state index contributed by atoms with van der Waals surface area (Å²) >= 11 is 1.07. The van der Waals surface area contributed by atoms with Crippen LogP contribution in [0.4, 0.5) is 10.6 Å². The molecular weight excluding hydrogens is 514 g/mol. The number of nitrogens with zero attached hydrogens (tertiary/aromatic N) is 2. The van der Waals surface area contributed by atoms with Gasteiger partial charge >= 0.3 is 6.09 Å². The lowest BCUT2D eigenvalue weighted by Gasteiger charge is -2.26. The zero-order chi connectivity index (χ0) is 28.2. The summed E-state index contributed by atoms with van der Waals surface area (Å²) in [5.74, 6) is -0.583. The first-order valence-electron chi connectivity index (χ1n) is 12.4. The molecule has 2 amide bonds. The summed E-state index contributed by atoms with van der Waals surface area (Å²) in [6, 6.07) is 18.8. The molecule has 0 aliphatic carbocycles. The average Bonchev–Trinajstić information content (AvgIpc) is 3.49. The van der Waals surface area contributed by atoms with Gasteiger partial charge in [0.25, 0.3) is 11.8 Å². The number of rotatable bonds is 9. The second-order valence-electron chi connectivity index (χ2n) is 9.77. The predicted molar refractivity (Wildman–Crippen MR) is 153 cm³/mol. The molecule has 2 aromatic heterocycles. The van der Waals surface area contributed by atoms with E-state index in [2.05, 4.69) is 41.5 Å². The Morgan fingerprint density at radius 3 is 2.41 bits per heavy atom. The smallest absolute Gasteiger partial charge is 0.417 e. The van der Waals surface area contributed by atoms with E-state index in [-0.39, 0.29) is 11.7 Å². The molecule has 0 aliphatic heterocycles. The van der Waals surface area contributed by atoms with E-state index in [1.165, 1.54) is 0 Å². The van der Waals surface area contributed by atoms with Crippen molar-refractivity contribution in [2.24, 2.45) is 0 Å². The summed E-state index contributed by atoms with van der Waals surface area (Å²) in [4.78, 5) is 39.5. The Balaban J connectivity index is 1.61. The molecule has 3 N–H and O–H groups in total. The van der Waals surface area contributed by atoms with Gasteiger partial charge in [-0.3, -0.25) is 9.59 Å². The Labute approximate surface area is 230 Å². The van der Waals surface area contributed by atoms with E-state index >= 15 is 0 Å². The molecular formula is C29H31N5O4S. The fourth-order valence-corrected chi connectivity index (χ4v) is 4.90. The summed E-state index contributed by atoms with van der Waals surface area (Å²) in [5.41, 5.74) is 1.78. The lowest BCUT2D eigenvalue weighted by Crippen LogP contribution is -2.40. The number of aromatic nitrogens is 2. The minimum Gasteiger partial charge on any atom is -0.417 e. The van der Waals surface area contributed by atoms with Gasteiger partial charge in [0.2, 0.25) is 0 Å². The maximum Gasteiger partial charge on any atom is 0.440 e. The molecule has 0 aliphatic rings. The van der Waals surface area contributed by atoms with Gasteiger partial charge in [0.15, 0.2) is 5.82 Å². The number of benzene rings is 2. The summed E-state index contributed by atoms with van der Waals surface area (Å²) in [6.45, 7) is 12.1. The van der Waals surface area contributed by atoms with Crippen molar-refractivity contribution in [3.63, 3.8) is 0 Å². The fraction of sp³-hybridized carbons (Fsp3) is 0.241. The Morgan fingerprint density at radius 2 is 1.77 bits per heavy atom. The third kappa shape index (κ3) is 6.42. The molecule has 0 atom stereocenters. The summed E-state index contributed by atoms with van der Waals surface area (Å²) in [7, 11) is 0. The van der Waals surface area contributed by atoms with Crippen LogP contribution in [0.25, 0.3) is 10.2 Å². The first-order chi connectivity index (χ1) is 18.6. The van der Waals surface area contributed by atoms with Crippen LogP contribution in [0.15, 0.2) is 73.5 Å². The second-order valence-corrected chi connectivity index (χ2v) is 10.8. The number of hydrogen-bond donors (Lipinski definition) is 3. The van der Waals surface area contributed by atoms with Gasteiger partial charge in [0, 0.05) is 18.2 Å². The van der Waals surface area contributed by atoms with E-state index in [0.29, 0.717) is 33.2 Å². The molecule has 2 aromatic carbocycles. The average molecular weight is 546 g/mol. The Hall–Kier alpha value is -4.28. The molecule has 10 heteroatoms. The number of carbonyl (C=O) groups excluding carboxylic acids is 3. The standard InChI is InChI=1S/C29H31N5O4S/c1-6-38-28(37)34-27-22(16-23(39-27)26(36)32-29(4,5)21-10-8-7-9-11-21)24(33-34)31-25(35)20-14-12-19(13-15-20)17-30-18(2)3/h6-16,18,30H,1,17H2,2-5H3,(H,32,36)(H,31,33,35). The molecule has 4 aromatic rings. The lowest BCUT2D eigenvalue weighted by molar-refractivity contribution is 0.0915. The van der Waals surface area contributed by atoms with Gasteiger partial charge in [0.1, 0.15) is 4.83 Å². The van der Waals surface area contributed by atoms with Crippen molar-refractivity contribution in [3.8, 4) is 0 Å². The first-order valence-corrected chi connectivity index (χ1v) is 13.3. The van der Waals surface area contributed by atoms with Gasteiger partial charge in [0.05, 0.1) is 22.1 Å². The molecule has 0 radical (unpaired) electrons. The summed E-state index contributed by atoms with van der Waals surface area (Å²) < 4.78 is 5.92. The van der Waals surface area contributed by atoms with E-state index in [4.69, 9.17) is 4.74 Å². The van der Waals surface area contributed by atoms with Crippen molar-refractivity contribution >= 4 is 45.3 Å². The van der Waals surface area contributed by atoms with Crippen LogP contribution < -0.4 is 16.0 Å². The quantitative estimate of drug-likeness (QED) is 0.235. The second kappa shape index (κ2) is 11.6. The minimum absolute atomic E-state index is 0.138. The van der Waals surface area contributed by atoms with E-state index < -0.39 is 17.5 Å². The van der Waals surface area contributed by atoms with Gasteiger partial charge < -0.3 is 20.7 Å². The third-order valence-electron chi connectivity index (χ3n) is 6.02. The zero-order valence-electron chi connectivity index (χ0n) is 22.3. The van der Waals surface area contributed by atoms with Gasteiger partial charge in [-0.05, 0) is 43.2 Å². The summed E-state index contributed by atoms with van der Waals surface area (Å²) in [6.07, 6.45) is 0.184. The number of anilines is 1. The van der Waals surface area contributed by atoms with Crippen molar-refractivity contribution in [3.05, 3.63) is 95.1 Å². The first kappa shape index (κ1) is 27.7. The third-order valence-corrected chi connectivity index (χ3v) is 7.13. The van der Waals surface area contributed by atoms with Gasteiger partial charge in [-0.15, -0.1) is 16.4 Å². The molecule has 39 heavy (non-hydrogen) atoms. The molecule has 202 valence electrons. The molecule has 0 spiro atoms. The highest BCUT2D eigenvalue weighted by Gasteiger charge is 2.27. The topological polar surface area (TPSA) is 114 Å². The number of nitrogens with one attached hydrogen (secondary N) is 3. The van der Waals surface area contributed by atoms with Gasteiger partial charge in [-0.25, -0.2) is 4.79 Å². The highest BCUT2D eigenvalue weighted by Crippen LogP contribution is 2.33. The maximum atomic E-state index is 13.2. The SMILES string of the molecule is C=COC(=O)n1nc(NC(=O)c2ccc(CNC(C)C)cc2)c2cc(C(=O)NC(C)(C)c3ccccc3)sc21. The molecule has 9 nitrogen and oxygen atoms in total. The van der Waals surface area contributed by atoms with Crippen molar-refractivity contribution in [2.75, 3.05) is 5.32 Å². The fourth-order valence-electron chi connectivity index (χ4n) is 3.90. The number of hydrogen-bond acceptors (Lipinski definition) is 7. The van der Waals surface area contributed by atoms with Crippen molar-refractivity contribution in [2.45, 2.75) is 45.8 Å². The van der Waals surface area contributed by atoms with Crippen LogP contribution in [-0.4, -0.2) is 33.7 Å². The van der Waals surface area contributed by atoms with E-state index in [0.717, 1.165) is 33.4 Å². The van der Waals surface area contributed by atoms with Crippen LogP contribution >= 0.6 is 11.3 Å².